The number of hydrogen-bond donors (Lipinski definition) is 1. The van der Waals surface area contributed by atoms with E-state index < -0.39 is 0 Å². The molecule has 0 unspecified atom stereocenters. The molecule has 1 aliphatic carbocycles. The van der Waals surface area contributed by atoms with Crippen LogP contribution in [0.4, 0.5) is 4.39 Å². The molecule has 1 aromatic carbocycles. The Kier molecular flexibility index (Phi) is 4.94. The average Bonchev–Trinajstić information content (AvgIpc) is 3.22. The highest BCUT2D eigenvalue weighted by molar-refractivity contribution is 5.80. The second kappa shape index (κ2) is 7.13. The molecule has 1 saturated carbocycles. The van der Waals surface area contributed by atoms with E-state index in [1.54, 1.807) is 37.4 Å². The zero-order valence-corrected chi connectivity index (χ0v) is 13.9. The van der Waals surface area contributed by atoms with Crippen LogP contribution in [0.1, 0.15) is 30.0 Å². The lowest BCUT2D eigenvalue weighted by Gasteiger charge is -2.22. The van der Waals surface area contributed by atoms with Gasteiger partial charge in [-0.25, -0.2) is 9.37 Å². The molecule has 0 bridgehead atoms. The number of carbonyl (C=O) groups is 1. The van der Waals surface area contributed by atoms with Gasteiger partial charge < -0.3 is 14.6 Å². The fourth-order valence-electron chi connectivity index (χ4n) is 3.46. The first kappa shape index (κ1) is 16.6. The van der Waals surface area contributed by atoms with E-state index in [-0.39, 0.29) is 29.6 Å². The van der Waals surface area contributed by atoms with Crippen LogP contribution < -0.4 is 5.32 Å². The molecule has 3 rings (SSSR count). The van der Waals surface area contributed by atoms with Crippen LogP contribution >= 0.6 is 0 Å². The standard InChI is InChI=1S/C18H22FN3O2/c1-22(2)18(23)17-8-14(20-9-15-10-24-11-21-15)7-16(17)12-3-5-13(19)6-4-12/h3-6,10-11,14,16-17,20H,7-9H2,1-2H3/t14-,16+,17-/m0/s1. The fraction of sp³-hybridized carbons (Fsp3) is 0.444. The maximum Gasteiger partial charge on any atom is 0.225 e. The number of nitrogens with zero attached hydrogens (tertiary/aromatic N) is 2. The third kappa shape index (κ3) is 3.64. The molecule has 1 N–H and O–H groups in total. The Labute approximate surface area is 140 Å². The Morgan fingerprint density at radius 3 is 2.71 bits per heavy atom. The zero-order valence-electron chi connectivity index (χ0n) is 13.9. The quantitative estimate of drug-likeness (QED) is 0.915. The minimum absolute atomic E-state index is 0.0929. The Hall–Kier alpha value is -2.21. The van der Waals surface area contributed by atoms with E-state index in [2.05, 4.69) is 10.3 Å². The molecule has 3 atom stereocenters. The normalized spacial score (nSPS) is 23.4. The Morgan fingerprint density at radius 1 is 1.33 bits per heavy atom. The second-order valence-corrected chi connectivity index (χ2v) is 6.53. The first-order chi connectivity index (χ1) is 11.5. The summed E-state index contributed by atoms with van der Waals surface area (Å²) in [4.78, 5) is 18.3. The molecule has 6 heteroatoms. The van der Waals surface area contributed by atoms with Gasteiger partial charge >= 0.3 is 0 Å². The molecule has 1 fully saturated rings. The molecule has 0 aliphatic heterocycles. The molecule has 1 heterocycles. The van der Waals surface area contributed by atoms with Gasteiger partial charge in [0.05, 0.1) is 5.69 Å². The third-order valence-corrected chi connectivity index (χ3v) is 4.67. The predicted octanol–water partition coefficient (Wildman–Crippen LogP) is 2.55. The van der Waals surface area contributed by atoms with E-state index in [4.69, 9.17) is 4.42 Å². The minimum Gasteiger partial charge on any atom is -0.451 e. The molecule has 128 valence electrons. The van der Waals surface area contributed by atoms with Gasteiger partial charge in [-0.05, 0) is 36.5 Å². The lowest BCUT2D eigenvalue weighted by atomic mass is 9.88. The van der Waals surface area contributed by atoms with Crippen LogP contribution in [0.15, 0.2) is 41.3 Å². The van der Waals surface area contributed by atoms with Crippen LogP contribution in [0.3, 0.4) is 0 Å². The van der Waals surface area contributed by atoms with Gasteiger partial charge in [0.1, 0.15) is 12.1 Å². The number of benzene rings is 1. The van der Waals surface area contributed by atoms with Crippen molar-refractivity contribution in [2.24, 2.45) is 5.92 Å². The van der Waals surface area contributed by atoms with Crippen LogP contribution in [0.2, 0.25) is 0 Å². The first-order valence-electron chi connectivity index (χ1n) is 8.11. The molecule has 5 nitrogen and oxygen atoms in total. The summed E-state index contributed by atoms with van der Waals surface area (Å²) >= 11 is 0. The number of hydrogen-bond acceptors (Lipinski definition) is 4. The molecule has 0 spiro atoms. The van der Waals surface area contributed by atoms with Crippen molar-refractivity contribution in [1.82, 2.24) is 15.2 Å². The number of nitrogens with one attached hydrogen (secondary N) is 1. The SMILES string of the molecule is CN(C)C(=O)[C@H]1C[C@@H](NCc2cocn2)C[C@@H]1c1ccc(F)cc1. The van der Waals surface area contributed by atoms with E-state index >= 15 is 0 Å². The number of rotatable bonds is 5. The summed E-state index contributed by atoms with van der Waals surface area (Å²) in [6.45, 7) is 0.611. The molecule has 1 amide bonds. The summed E-state index contributed by atoms with van der Waals surface area (Å²) in [5, 5.41) is 3.45. The zero-order chi connectivity index (χ0) is 17.1. The van der Waals surface area contributed by atoms with Crippen molar-refractivity contribution in [3.63, 3.8) is 0 Å². The number of amides is 1. The summed E-state index contributed by atoms with van der Waals surface area (Å²) < 4.78 is 18.2. The Morgan fingerprint density at radius 2 is 2.08 bits per heavy atom. The van der Waals surface area contributed by atoms with Crippen molar-refractivity contribution in [3.05, 3.63) is 54.0 Å². The van der Waals surface area contributed by atoms with Crippen molar-refractivity contribution in [2.45, 2.75) is 31.3 Å². The smallest absolute Gasteiger partial charge is 0.225 e. The predicted molar refractivity (Wildman–Crippen MR) is 87.7 cm³/mol. The summed E-state index contributed by atoms with van der Waals surface area (Å²) in [5.41, 5.74) is 1.86. The highest BCUT2D eigenvalue weighted by atomic mass is 19.1. The summed E-state index contributed by atoms with van der Waals surface area (Å²) in [6, 6.07) is 6.71. The number of carbonyl (C=O) groups excluding carboxylic acids is 1. The van der Waals surface area contributed by atoms with Gasteiger partial charge in [-0.3, -0.25) is 4.79 Å². The van der Waals surface area contributed by atoms with Gasteiger partial charge in [-0.15, -0.1) is 0 Å². The summed E-state index contributed by atoms with van der Waals surface area (Å²) in [6.07, 6.45) is 4.62. The molecule has 0 radical (unpaired) electrons. The maximum atomic E-state index is 13.2. The second-order valence-electron chi connectivity index (χ2n) is 6.53. The largest absolute Gasteiger partial charge is 0.451 e. The van der Waals surface area contributed by atoms with Gasteiger partial charge in [0, 0.05) is 32.6 Å². The van der Waals surface area contributed by atoms with Crippen molar-refractivity contribution in [2.75, 3.05) is 14.1 Å². The maximum absolute atomic E-state index is 13.2. The Balaban J connectivity index is 1.73. The average molecular weight is 331 g/mol. The number of oxazole rings is 1. The van der Waals surface area contributed by atoms with E-state index in [0.717, 1.165) is 24.1 Å². The van der Waals surface area contributed by atoms with Gasteiger partial charge in [-0.2, -0.15) is 0 Å². The van der Waals surface area contributed by atoms with Gasteiger partial charge in [0.15, 0.2) is 6.39 Å². The molecule has 24 heavy (non-hydrogen) atoms. The summed E-state index contributed by atoms with van der Waals surface area (Å²) in [7, 11) is 3.56. The van der Waals surface area contributed by atoms with Crippen LogP contribution in [0, 0.1) is 11.7 Å². The highest BCUT2D eigenvalue weighted by Gasteiger charge is 2.40. The van der Waals surface area contributed by atoms with Crippen LogP contribution in [-0.2, 0) is 11.3 Å². The van der Waals surface area contributed by atoms with Crippen LogP contribution in [0.25, 0.3) is 0 Å². The van der Waals surface area contributed by atoms with Crippen LogP contribution in [0.5, 0.6) is 0 Å². The number of aromatic nitrogens is 1. The van der Waals surface area contributed by atoms with Crippen LogP contribution in [-0.4, -0.2) is 35.9 Å². The van der Waals surface area contributed by atoms with E-state index in [9.17, 15) is 9.18 Å². The van der Waals surface area contributed by atoms with Crippen molar-refractivity contribution in [1.29, 1.82) is 0 Å². The molecular weight excluding hydrogens is 309 g/mol. The van der Waals surface area contributed by atoms with Crippen molar-refractivity contribution < 1.29 is 13.6 Å². The fourth-order valence-corrected chi connectivity index (χ4v) is 3.46. The Bertz CT molecular complexity index is 670. The monoisotopic (exact) mass is 331 g/mol. The lowest BCUT2D eigenvalue weighted by Crippen LogP contribution is -2.32. The van der Waals surface area contributed by atoms with E-state index in [1.807, 2.05) is 0 Å². The van der Waals surface area contributed by atoms with Gasteiger partial charge in [0.2, 0.25) is 5.91 Å². The lowest BCUT2D eigenvalue weighted by molar-refractivity contribution is -0.133. The van der Waals surface area contributed by atoms with Crippen molar-refractivity contribution in [3.8, 4) is 0 Å². The summed E-state index contributed by atoms with van der Waals surface area (Å²) in [5.74, 6) is -0.140. The molecule has 0 saturated heterocycles. The molecule has 1 aromatic heterocycles. The minimum atomic E-state index is -0.257. The number of halogens is 1. The third-order valence-electron chi connectivity index (χ3n) is 4.67. The topological polar surface area (TPSA) is 58.4 Å². The molecule has 1 aliphatic rings. The van der Waals surface area contributed by atoms with E-state index in [1.165, 1.54) is 18.5 Å². The first-order valence-corrected chi connectivity index (χ1v) is 8.11. The molecular formula is C18H22FN3O2. The van der Waals surface area contributed by atoms with Crippen molar-refractivity contribution >= 4 is 5.91 Å². The van der Waals surface area contributed by atoms with E-state index in [0.29, 0.717) is 6.54 Å². The van der Waals surface area contributed by atoms with Gasteiger partial charge in [-0.1, -0.05) is 12.1 Å². The van der Waals surface area contributed by atoms with Gasteiger partial charge in [0.25, 0.3) is 0 Å². The molecule has 2 aromatic rings. The highest BCUT2D eigenvalue weighted by Crippen LogP contribution is 2.40.